The van der Waals surface area contributed by atoms with E-state index in [0.717, 1.165) is 16.6 Å². The molecule has 18 heavy (non-hydrogen) atoms. The van der Waals surface area contributed by atoms with Crippen LogP contribution in [0.2, 0.25) is 0 Å². The van der Waals surface area contributed by atoms with Crippen LogP contribution in [0.15, 0.2) is 53.6 Å². The Morgan fingerprint density at radius 1 is 1.06 bits per heavy atom. The van der Waals surface area contributed by atoms with Crippen LogP contribution in [0.5, 0.6) is 0 Å². The van der Waals surface area contributed by atoms with Gasteiger partial charge >= 0.3 is 0 Å². The largest absolute Gasteiger partial charge is 0.313 e. The minimum Gasteiger partial charge on any atom is -0.313 e. The molecule has 0 aliphatic heterocycles. The summed E-state index contributed by atoms with van der Waals surface area (Å²) in [4.78, 5) is 18.5. The van der Waals surface area contributed by atoms with Crippen molar-refractivity contribution in [1.82, 2.24) is 9.97 Å². The molecule has 0 fully saturated rings. The maximum absolute atomic E-state index is 11.7. The summed E-state index contributed by atoms with van der Waals surface area (Å²) >= 11 is 0. The number of hydrogen-bond donors (Lipinski definition) is 1. The van der Waals surface area contributed by atoms with Gasteiger partial charge in [0.15, 0.2) is 0 Å². The number of aryl methyl sites for hydroxylation is 1. The van der Waals surface area contributed by atoms with E-state index in [1.54, 1.807) is 0 Å². The first-order valence-corrected chi connectivity index (χ1v) is 5.78. The van der Waals surface area contributed by atoms with Crippen LogP contribution >= 0.6 is 0 Å². The molecule has 0 atom stereocenters. The number of nitrogens with zero attached hydrogens (tertiary/aromatic N) is 1. The Hall–Kier alpha value is -2.42. The lowest BCUT2D eigenvalue weighted by atomic mass is 10.0. The molecule has 0 aliphatic carbocycles. The Balaban J connectivity index is 2.25. The lowest BCUT2D eigenvalue weighted by molar-refractivity contribution is 1.17. The topological polar surface area (TPSA) is 45.8 Å². The molecule has 2 aromatic carbocycles. The van der Waals surface area contributed by atoms with Crippen molar-refractivity contribution < 1.29 is 0 Å². The van der Waals surface area contributed by atoms with Crippen LogP contribution in [-0.2, 0) is 0 Å². The maximum atomic E-state index is 11.7. The monoisotopic (exact) mass is 236 g/mol. The van der Waals surface area contributed by atoms with Gasteiger partial charge in [-0.1, -0.05) is 35.9 Å². The zero-order valence-corrected chi connectivity index (χ0v) is 9.97. The molecule has 0 radical (unpaired) electrons. The van der Waals surface area contributed by atoms with Gasteiger partial charge in [0.25, 0.3) is 5.56 Å². The molecule has 3 nitrogen and oxygen atoms in total. The van der Waals surface area contributed by atoms with E-state index in [2.05, 4.69) is 29.0 Å². The average Bonchev–Trinajstić information content (AvgIpc) is 2.39. The smallest absolute Gasteiger partial charge is 0.258 e. The van der Waals surface area contributed by atoms with Crippen LogP contribution in [0.1, 0.15) is 5.56 Å². The second kappa shape index (κ2) is 4.11. The van der Waals surface area contributed by atoms with Crippen molar-refractivity contribution in [1.29, 1.82) is 0 Å². The van der Waals surface area contributed by atoms with Crippen LogP contribution < -0.4 is 5.56 Å². The van der Waals surface area contributed by atoms with Crippen molar-refractivity contribution in [2.24, 2.45) is 0 Å². The van der Waals surface area contributed by atoms with Crippen molar-refractivity contribution in [3.8, 4) is 11.1 Å². The first kappa shape index (κ1) is 10.7. The Bertz CT molecular complexity index is 775. The lowest BCUT2D eigenvalue weighted by Gasteiger charge is -2.04. The van der Waals surface area contributed by atoms with Gasteiger partial charge in [0.1, 0.15) is 0 Å². The Labute approximate surface area is 104 Å². The van der Waals surface area contributed by atoms with Gasteiger partial charge in [0.05, 0.1) is 17.2 Å². The van der Waals surface area contributed by atoms with Crippen LogP contribution in [0.4, 0.5) is 0 Å². The Morgan fingerprint density at radius 2 is 1.89 bits per heavy atom. The Kier molecular flexibility index (Phi) is 2.45. The van der Waals surface area contributed by atoms with Gasteiger partial charge in [-0.3, -0.25) is 4.79 Å². The van der Waals surface area contributed by atoms with Crippen LogP contribution in [0, 0.1) is 6.92 Å². The summed E-state index contributed by atoms with van der Waals surface area (Å²) in [5.74, 6) is 0. The number of benzene rings is 2. The summed E-state index contributed by atoms with van der Waals surface area (Å²) in [6, 6.07) is 14.0. The molecule has 0 spiro atoms. The summed E-state index contributed by atoms with van der Waals surface area (Å²) in [7, 11) is 0. The molecule has 88 valence electrons. The third-order valence-corrected chi connectivity index (χ3v) is 2.99. The van der Waals surface area contributed by atoms with E-state index in [-0.39, 0.29) is 5.56 Å². The van der Waals surface area contributed by atoms with Gasteiger partial charge in [-0.25, -0.2) is 4.98 Å². The molecule has 0 saturated carbocycles. The van der Waals surface area contributed by atoms with Crippen molar-refractivity contribution in [3.63, 3.8) is 0 Å². The number of aromatic amines is 1. The second-order valence-corrected chi connectivity index (χ2v) is 4.33. The molecule has 3 aromatic rings. The van der Waals surface area contributed by atoms with Gasteiger partial charge in [-0.15, -0.1) is 0 Å². The zero-order valence-electron chi connectivity index (χ0n) is 9.97. The molecule has 0 unspecified atom stereocenters. The van der Waals surface area contributed by atoms with E-state index in [9.17, 15) is 4.79 Å². The number of hydrogen-bond acceptors (Lipinski definition) is 2. The summed E-state index contributed by atoms with van der Waals surface area (Å²) < 4.78 is 0. The summed E-state index contributed by atoms with van der Waals surface area (Å²) in [5.41, 5.74) is 3.96. The quantitative estimate of drug-likeness (QED) is 0.706. The van der Waals surface area contributed by atoms with Gasteiger partial charge in [0.2, 0.25) is 0 Å². The summed E-state index contributed by atoms with van der Waals surface area (Å²) in [6.07, 6.45) is 1.43. The molecular formula is C15H12N2O. The molecule has 3 rings (SSSR count). The van der Waals surface area contributed by atoms with E-state index in [1.807, 2.05) is 30.3 Å². The highest BCUT2D eigenvalue weighted by molar-refractivity contribution is 5.83. The standard InChI is InChI=1S/C15H12N2O/c1-10-3-2-4-11(7-10)12-5-6-14-13(8-12)15(18)17-9-16-14/h2-9H,1H3,(H,16,17,18). The van der Waals surface area contributed by atoms with Gasteiger partial charge in [-0.2, -0.15) is 0 Å². The molecule has 0 aliphatic rings. The molecule has 3 heteroatoms. The summed E-state index contributed by atoms with van der Waals surface area (Å²) in [6.45, 7) is 2.05. The number of aromatic nitrogens is 2. The van der Waals surface area contributed by atoms with Crippen LogP contribution in [0.3, 0.4) is 0 Å². The van der Waals surface area contributed by atoms with Gasteiger partial charge in [-0.05, 0) is 30.2 Å². The van der Waals surface area contributed by atoms with E-state index in [4.69, 9.17) is 0 Å². The van der Waals surface area contributed by atoms with E-state index in [1.165, 1.54) is 11.9 Å². The van der Waals surface area contributed by atoms with Crippen molar-refractivity contribution in [2.45, 2.75) is 6.92 Å². The van der Waals surface area contributed by atoms with E-state index in [0.29, 0.717) is 5.39 Å². The summed E-state index contributed by atoms with van der Waals surface area (Å²) in [5, 5.41) is 0.622. The maximum Gasteiger partial charge on any atom is 0.258 e. The highest BCUT2D eigenvalue weighted by atomic mass is 16.1. The van der Waals surface area contributed by atoms with Crippen molar-refractivity contribution >= 4 is 10.9 Å². The van der Waals surface area contributed by atoms with Crippen LogP contribution in [0.25, 0.3) is 22.0 Å². The van der Waals surface area contributed by atoms with Crippen molar-refractivity contribution in [3.05, 3.63) is 64.7 Å². The predicted molar refractivity (Wildman–Crippen MR) is 72.5 cm³/mol. The fourth-order valence-electron chi connectivity index (χ4n) is 2.07. The average molecular weight is 236 g/mol. The SMILES string of the molecule is Cc1cccc(-c2ccc3nc[nH]c(=O)c3c2)c1. The second-order valence-electron chi connectivity index (χ2n) is 4.33. The molecule has 0 saturated heterocycles. The fraction of sp³-hybridized carbons (Fsp3) is 0.0667. The minimum absolute atomic E-state index is 0.102. The number of rotatable bonds is 1. The van der Waals surface area contributed by atoms with Gasteiger partial charge < -0.3 is 4.98 Å². The molecule has 0 amide bonds. The first-order chi connectivity index (χ1) is 8.74. The minimum atomic E-state index is -0.102. The Morgan fingerprint density at radius 3 is 2.72 bits per heavy atom. The lowest BCUT2D eigenvalue weighted by Crippen LogP contribution is -2.05. The third kappa shape index (κ3) is 1.80. The molecule has 1 N–H and O–H groups in total. The highest BCUT2D eigenvalue weighted by Gasteiger charge is 2.03. The third-order valence-electron chi connectivity index (χ3n) is 2.99. The molecular weight excluding hydrogens is 224 g/mol. The normalized spacial score (nSPS) is 10.7. The van der Waals surface area contributed by atoms with E-state index < -0.39 is 0 Å². The molecule has 1 aromatic heterocycles. The molecule has 1 heterocycles. The van der Waals surface area contributed by atoms with E-state index >= 15 is 0 Å². The van der Waals surface area contributed by atoms with Crippen molar-refractivity contribution in [2.75, 3.05) is 0 Å². The number of fused-ring (bicyclic) bond motifs is 1. The zero-order chi connectivity index (χ0) is 12.5. The number of H-pyrrole nitrogens is 1. The first-order valence-electron chi connectivity index (χ1n) is 5.78. The van der Waals surface area contributed by atoms with Crippen LogP contribution in [-0.4, -0.2) is 9.97 Å². The van der Waals surface area contributed by atoms with Gasteiger partial charge in [0, 0.05) is 0 Å². The predicted octanol–water partition coefficient (Wildman–Crippen LogP) is 2.90. The molecule has 0 bridgehead atoms. The number of nitrogens with one attached hydrogen (secondary N) is 1. The highest BCUT2D eigenvalue weighted by Crippen LogP contribution is 2.22. The fourth-order valence-corrected chi connectivity index (χ4v) is 2.07.